The van der Waals surface area contributed by atoms with Crippen molar-refractivity contribution in [1.82, 2.24) is 5.32 Å². The summed E-state index contributed by atoms with van der Waals surface area (Å²) in [5, 5.41) is 3.21. The molecule has 1 aliphatic carbocycles. The lowest BCUT2D eigenvalue weighted by atomic mass is 9.96. The number of rotatable bonds is 7. The maximum absolute atomic E-state index is 6.29. The molecule has 0 spiro atoms. The van der Waals surface area contributed by atoms with Crippen molar-refractivity contribution in [2.75, 3.05) is 26.9 Å². The van der Waals surface area contributed by atoms with Gasteiger partial charge < -0.3 is 25.3 Å². The number of nitrogens with one attached hydrogen (secondary N) is 1. The standard InChI is InChI=1S/C24H34N2O3/c1-17-5-6-19(10-9-18-7-8-18)11-20(17)12-22(27-4)21(25)13-26-14-23-28-15-24(2,3)16-29-23/h5-6,11,13,18,22-23,26H,7-8,12,14-16,25H2,1-4H3/b21-13-. The van der Waals surface area contributed by atoms with E-state index in [2.05, 4.69) is 56.1 Å². The summed E-state index contributed by atoms with van der Waals surface area (Å²) in [5.41, 5.74) is 10.5. The second kappa shape index (κ2) is 9.67. The fourth-order valence-corrected chi connectivity index (χ4v) is 3.13. The normalized spacial score (nSPS) is 20.6. The molecule has 29 heavy (non-hydrogen) atoms. The largest absolute Gasteiger partial charge is 0.399 e. The van der Waals surface area contributed by atoms with Gasteiger partial charge in [0.2, 0.25) is 0 Å². The monoisotopic (exact) mass is 398 g/mol. The van der Waals surface area contributed by atoms with Gasteiger partial charge in [0.1, 0.15) is 6.10 Å². The van der Waals surface area contributed by atoms with Crippen molar-refractivity contribution < 1.29 is 14.2 Å². The molecule has 1 saturated carbocycles. The minimum Gasteiger partial charge on any atom is -0.399 e. The Hall–Kier alpha value is -2.00. The zero-order chi connectivity index (χ0) is 20.9. The third kappa shape index (κ3) is 6.78. The molecule has 5 heteroatoms. The topological polar surface area (TPSA) is 65.7 Å². The van der Waals surface area contributed by atoms with E-state index < -0.39 is 0 Å². The van der Waals surface area contributed by atoms with Gasteiger partial charge in [-0.3, -0.25) is 0 Å². The summed E-state index contributed by atoms with van der Waals surface area (Å²) in [7, 11) is 1.69. The predicted octanol–water partition coefficient (Wildman–Crippen LogP) is 3.10. The molecule has 1 aromatic rings. The van der Waals surface area contributed by atoms with Crippen LogP contribution in [0.1, 0.15) is 43.4 Å². The second-order valence-electron chi connectivity index (χ2n) is 8.88. The van der Waals surface area contributed by atoms with Crippen LogP contribution in [0.5, 0.6) is 0 Å². The highest BCUT2D eigenvalue weighted by atomic mass is 16.7. The van der Waals surface area contributed by atoms with Gasteiger partial charge in [0.15, 0.2) is 6.29 Å². The summed E-state index contributed by atoms with van der Waals surface area (Å²) in [6.45, 7) is 8.31. The van der Waals surface area contributed by atoms with Gasteiger partial charge in [0.25, 0.3) is 0 Å². The van der Waals surface area contributed by atoms with E-state index in [0.29, 0.717) is 37.8 Å². The van der Waals surface area contributed by atoms with Gasteiger partial charge in [0.05, 0.1) is 25.5 Å². The Morgan fingerprint density at radius 2 is 2.07 bits per heavy atom. The van der Waals surface area contributed by atoms with Crippen molar-refractivity contribution in [2.45, 2.75) is 52.4 Å². The number of hydrogen-bond donors (Lipinski definition) is 2. The summed E-state index contributed by atoms with van der Waals surface area (Å²) >= 11 is 0. The van der Waals surface area contributed by atoms with Crippen molar-refractivity contribution in [3.63, 3.8) is 0 Å². The second-order valence-corrected chi connectivity index (χ2v) is 8.88. The van der Waals surface area contributed by atoms with Gasteiger partial charge in [-0.1, -0.05) is 31.8 Å². The Morgan fingerprint density at radius 1 is 1.34 bits per heavy atom. The molecule has 1 heterocycles. The van der Waals surface area contributed by atoms with Crippen LogP contribution in [0.15, 0.2) is 30.1 Å². The molecular weight excluding hydrogens is 364 g/mol. The van der Waals surface area contributed by atoms with E-state index in [-0.39, 0.29) is 17.8 Å². The first-order valence-electron chi connectivity index (χ1n) is 10.4. The van der Waals surface area contributed by atoms with E-state index in [4.69, 9.17) is 19.9 Å². The molecule has 2 aliphatic rings. The van der Waals surface area contributed by atoms with Crippen molar-refractivity contribution >= 4 is 0 Å². The van der Waals surface area contributed by atoms with Gasteiger partial charge in [-0.2, -0.15) is 0 Å². The van der Waals surface area contributed by atoms with E-state index in [0.717, 1.165) is 5.56 Å². The fourth-order valence-electron chi connectivity index (χ4n) is 3.13. The van der Waals surface area contributed by atoms with Crippen LogP contribution in [0.2, 0.25) is 0 Å². The Bertz CT molecular complexity index is 777. The Morgan fingerprint density at radius 3 is 2.72 bits per heavy atom. The highest BCUT2D eigenvalue weighted by molar-refractivity contribution is 5.42. The molecule has 3 N–H and O–H groups in total. The lowest BCUT2D eigenvalue weighted by molar-refractivity contribution is -0.217. The van der Waals surface area contributed by atoms with Crippen LogP contribution < -0.4 is 11.1 Å². The molecule has 3 rings (SSSR count). The number of ether oxygens (including phenoxy) is 3. The highest BCUT2D eigenvalue weighted by Crippen LogP contribution is 2.27. The number of benzene rings is 1. The lowest BCUT2D eigenvalue weighted by Gasteiger charge is -2.34. The molecule has 158 valence electrons. The van der Waals surface area contributed by atoms with Gasteiger partial charge in [-0.05, 0) is 43.0 Å². The van der Waals surface area contributed by atoms with Crippen molar-refractivity contribution in [3.8, 4) is 11.8 Å². The molecule has 0 radical (unpaired) electrons. The maximum Gasteiger partial charge on any atom is 0.174 e. The lowest BCUT2D eigenvalue weighted by Crippen LogP contribution is -2.42. The van der Waals surface area contributed by atoms with E-state index in [1.165, 1.54) is 24.0 Å². The Balaban J connectivity index is 1.55. The summed E-state index contributed by atoms with van der Waals surface area (Å²) in [4.78, 5) is 0. The Labute approximate surface area is 175 Å². The fraction of sp³-hybridized carbons (Fsp3) is 0.583. The van der Waals surface area contributed by atoms with Gasteiger partial charge in [0, 0.05) is 36.6 Å². The zero-order valence-electron chi connectivity index (χ0n) is 18.1. The van der Waals surface area contributed by atoms with E-state index in [9.17, 15) is 0 Å². The number of methoxy groups -OCH3 is 1. The SMILES string of the molecule is COC(Cc1cc(C#CC2CC2)ccc1C)/C(N)=C/NCC1OCC(C)(C)CO1. The van der Waals surface area contributed by atoms with Crippen molar-refractivity contribution in [1.29, 1.82) is 0 Å². The quantitative estimate of drug-likeness (QED) is 0.691. The molecular formula is C24H34N2O3. The predicted molar refractivity (Wildman–Crippen MR) is 115 cm³/mol. The van der Waals surface area contributed by atoms with E-state index >= 15 is 0 Å². The number of aryl methyl sites for hydroxylation is 1. The van der Waals surface area contributed by atoms with Crippen LogP contribution in [0, 0.1) is 30.1 Å². The van der Waals surface area contributed by atoms with Gasteiger partial charge in [-0.15, -0.1) is 0 Å². The molecule has 5 nitrogen and oxygen atoms in total. The third-order valence-corrected chi connectivity index (χ3v) is 5.28. The van der Waals surface area contributed by atoms with E-state index in [1.54, 1.807) is 13.3 Å². The molecule has 2 fully saturated rings. The number of nitrogens with two attached hydrogens (primary N) is 1. The number of hydrogen-bond acceptors (Lipinski definition) is 5. The van der Waals surface area contributed by atoms with Gasteiger partial charge >= 0.3 is 0 Å². The third-order valence-electron chi connectivity index (χ3n) is 5.28. The van der Waals surface area contributed by atoms with Crippen LogP contribution in [0.4, 0.5) is 0 Å². The summed E-state index contributed by atoms with van der Waals surface area (Å²) in [5.74, 6) is 7.21. The van der Waals surface area contributed by atoms with Gasteiger partial charge in [-0.25, -0.2) is 0 Å². The molecule has 0 aromatic heterocycles. The first-order valence-corrected chi connectivity index (χ1v) is 10.4. The van der Waals surface area contributed by atoms with Crippen LogP contribution >= 0.6 is 0 Å². The zero-order valence-corrected chi connectivity index (χ0v) is 18.1. The maximum atomic E-state index is 6.29. The highest BCUT2D eigenvalue weighted by Gasteiger charge is 2.28. The van der Waals surface area contributed by atoms with Crippen LogP contribution in [0.3, 0.4) is 0 Å². The Kier molecular flexibility index (Phi) is 7.23. The molecule has 0 bridgehead atoms. The first-order chi connectivity index (χ1) is 13.9. The molecule has 1 unspecified atom stereocenters. The molecule has 1 aromatic carbocycles. The van der Waals surface area contributed by atoms with Crippen molar-refractivity contribution in [2.24, 2.45) is 17.1 Å². The van der Waals surface area contributed by atoms with Crippen LogP contribution in [-0.4, -0.2) is 39.3 Å². The average Bonchev–Trinajstić information content (AvgIpc) is 3.52. The average molecular weight is 399 g/mol. The first kappa shape index (κ1) is 21.7. The molecule has 1 atom stereocenters. The minimum absolute atomic E-state index is 0.0714. The summed E-state index contributed by atoms with van der Waals surface area (Å²) < 4.78 is 17.1. The minimum atomic E-state index is -0.253. The summed E-state index contributed by atoms with van der Waals surface area (Å²) in [6.07, 6.45) is 4.51. The molecule has 0 amide bonds. The van der Waals surface area contributed by atoms with Crippen LogP contribution in [-0.2, 0) is 20.6 Å². The molecule has 1 aliphatic heterocycles. The van der Waals surface area contributed by atoms with E-state index in [1.807, 2.05) is 0 Å². The summed E-state index contributed by atoms with van der Waals surface area (Å²) in [6, 6.07) is 6.36. The van der Waals surface area contributed by atoms with Crippen LogP contribution in [0.25, 0.3) is 0 Å². The smallest absolute Gasteiger partial charge is 0.174 e. The molecule has 1 saturated heterocycles. The van der Waals surface area contributed by atoms with Crippen molar-refractivity contribution in [3.05, 3.63) is 46.8 Å².